The number of nitrogens with two attached hydrogens (primary N) is 1. The molecule has 1 aliphatic heterocycles. The monoisotopic (exact) mass is 539 g/mol. The summed E-state index contributed by atoms with van der Waals surface area (Å²) in [6.45, 7) is 8.29. The van der Waals surface area contributed by atoms with Gasteiger partial charge >= 0.3 is 0 Å². The molecule has 0 atom stereocenters. The average Bonchev–Trinajstić information content (AvgIpc) is 3.51. The lowest BCUT2D eigenvalue weighted by molar-refractivity contribution is 0.100. The van der Waals surface area contributed by atoms with Gasteiger partial charge in [-0.25, -0.2) is 0 Å². The van der Waals surface area contributed by atoms with Crippen LogP contribution in [0.15, 0.2) is 42.0 Å². The van der Waals surface area contributed by atoms with Crippen molar-refractivity contribution in [3.63, 3.8) is 0 Å². The highest BCUT2D eigenvalue weighted by Crippen LogP contribution is 2.39. The molecule has 194 valence electrons. The number of benzene rings is 1. The molecule has 0 aliphatic carbocycles. The normalized spacial score (nSPS) is 14.4. The molecular weight excluding hydrogens is 510 g/mol. The summed E-state index contributed by atoms with van der Waals surface area (Å²) in [4.78, 5) is 24.7. The Kier molecular flexibility index (Phi) is 7.14. The summed E-state index contributed by atoms with van der Waals surface area (Å²) in [7, 11) is 1.66. The van der Waals surface area contributed by atoms with E-state index in [1.807, 2.05) is 29.6 Å². The minimum Gasteiger partial charge on any atom is -0.494 e. The molecule has 1 aromatic carbocycles. The number of hydrogen-bond acceptors (Lipinski definition) is 8. The Labute approximate surface area is 224 Å². The van der Waals surface area contributed by atoms with Crippen LogP contribution < -0.4 is 26.0 Å². The van der Waals surface area contributed by atoms with Gasteiger partial charge in [-0.2, -0.15) is 0 Å². The number of carbonyl (C=O) groups excluding carboxylic acids is 1. The Morgan fingerprint density at radius 3 is 2.62 bits per heavy atom. The number of aromatic nitrogens is 2. The highest BCUT2D eigenvalue weighted by Gasteiger charge is 2.22. The number of carbonyl (C=O) groups is 1. The Morgan fingerprint density at radius 2 is 1.92 bits per heavy atom. The summed E-state index contributed by atoms with van der Waals surface area (Å²) in [6.07, 6.45) is 3.46. The number of anilines is 5. The second-order valence-corrected chi connectivity index (χ2v) is 10.6. The minimum absolute atomic E-state index is 0.468. The second kappa shape index (κ2) is 10.5. The van der Waals surface area contributed by atoms with Crippen LogP contribution in [0, 0.1) is 0 Å². The molecule has 0 saturated carbocycles. The number of nitrogens with zero attached hydrogens (tertiary/aromatic N) is 3. The fourth-order valence-corrected chi connectivity index (χ4v) is 5.62. The van der Waals surface area contributed by atoms with Gasteiger partial charge in [-0.3, -0.25) is 14.7 Å². The largest absolute Gasteiger partial charge is 0.494 e. The number of nitrogens with one attached hydrogen (secondary N) is 3. The van der Waals surface area contributed by atoms with Crippen LogP contribution in [-0.4, -0.2) is 60.1 Å². The number of H-pyrrole nitrogens is 1. The molecule has 37 heavy (non-hydrogen) atoms. The number of fused-ring (bicyclic) bond motifs is 1. The Bertz CT molecular complexity index is 1430. The summed E-state index contributed by atoms with van der Waals surface area (Å²) in [6, 6.07) is 8.23. The molecule has 0 radical (unpaired) electrons. The predicted octanol–water partition coefficient (Wildman–Crippen LogP) is 5.40. The van der Waals surface area contributed by atoms with Crippen molar-refractivity contribution in [1.82, 2.24) is 14.9 Å². The number of pyridine rings is 1. The fourth-order valence-electron chi connectivity index (χ4n) is 4.64. The molecule has 1 amide bonds. The Balaban J connectivity index is 1.39. The van der Waals surface area contributed by atoms with Gasteiger partial charge in [0, 0.05) is 43.7 Å². The van der Waals surface area contributed by atoms with Gasteiger partial charge in [-0.1, -0.05) is 11.6 Å². The van der Waals surface area contributed by atoms with Gasteiger partial charge in [0.05, 0.1) is 52.8 Å². The molecule has 0 spiro atoms. The number of primary amides is 1. The zero-order valence-electron chi connectivity index (χ0n) is 21.0. The van der Waals surface area contributed by atoms with Gasteiger partial charge < -0.3 is 31.0 Å². The molecule has 5 rings (SSSR count). The molecule has 1 saturated heterocycles. The summed E-state index contributed by atoms with van der Waals surface area (Å²) in [5, 5.41) is 10.1. The molecule has 5 N–H and O–H groups in total. The van der Waals surface area contributed by atoms with Gasteiger partial charge in [0.25, 0.3) is 5.91 Å². The van der Waals surface area contributed by atoms with Crippen molar-refractivity contribution < 1.29 is 9.53 Å². The third kappa shape index (κ3) is 5.18. The van der Waals surface area contributed by atoms with Gasteiger partial charge in [0.2, 0.25) is 0 Å². The first kappa shape index (κ1) is 25.2. The Hall–Kier alpha value is -3.47. The molecule has 0 bridgehead atoms. The van der Waals surface area contributed by atoms with Crippen molar-refractivity contribution in [2.24, 2.45) is 5.73 Å². The molecule has 4 heterocycles. The van der Waals surface area contributed by atoms with Gasteiger partial charge in [-0.15, -0.1) is 11.3 Å². The molecule has 0 unspecified atom stereocenters. The number of ether oxygens (including phenoxy) is 1. The van der Waals surface area contributed by atoms with Crippen molar-refractivity contribution in [3.8, 4) is 5.75 Å². The highest BCUT2D eigenvalue weighted by atomic mass is 35.5. The number of aromatic amines is 1. The van der Waals surface area contributed by atoms with Crippen LogP contribution in [0.4, 0.5) is 28.6 Å². The minimum atomic E-state index is -0.469. The number of halogens is 1. The molecule has 9 nitrogen and oxygen atoms in total. The first-order chi connectivity index (χ1) is 17.8. The van der Waals surface area contributed by atoms with Crippen LogP contribution in [0.5, 0.6) is 5.75 Å². The predicted molar refractivity (Wildman–Crippen MR) is 152 cm³/mol. The van der Waals surface area contributed by atoms with E-state index in [9.17, 15) is 4.79 Å². The van der Waals surface area contributed by atoms with E-state index >= 15 is 0 Å². The van der Waals surface area contributed by atoms with E-state index in [0.29, 0.717) is 27.4 Å². The molecule has 3 aromatic heterocycles. The highest BCUT2D eigenvalue weighted by molar-refractivity contribution is 7.12. The number of thiophene rings is 1. The number of piperazine rings is 1. The van der Waals surface area contributed by atoms with Crippen LogP contribution in [0.2, 0.25) is 5.02 Å². The number of hydrogen-bond donors (Lipinski definition) is 4. The van der Waals surface area contributed by atoms with E-state index in [4.69, 9.17) is 22.1 Å². The zero-order valence-corrected chi connectivity index (χ0v) is 22.5. The Morgan fingerprint density at radius 1 is 1.14 bits per heavy atom. The number of rotatable bonds is 8. The van der Waals surface area contributed by atoms with Gasteiger partial charge in [-0.05, 0) is 37.4 Å². The molecule has 11 heteroatoms. The lowest BCUT2D eigenvalue weighted by atomic mass is 10.2. The average molecular weight is 540 g/mol. The van der Waals surface area contributed by atoms with E-state index in [1.165, 1.54) is 11.3 Å². The van der Waals surface area contributed by atoms with E-state index in [2.05, 4.69) is 44.2 Å². The van der Waals surface area contributed by atoms with E-state index < -0.39 is 5.91 Å². The summed E-state index contributed by atoms with van der Waals surface area (Å²) in [5.41, 5.74) is 9.46. The molecule has 1 aliphatic rings. The van der Waals surface area contributed by atoms with Gasteiger partial charge in [0.15, 0.2) is 0 Å². The van der Waals surface area contributed by atoms with E-state index in [0.717, 1.165) is 60.0 Å². The molecular formula is C26H30ClN7O2S. The number of amides is 1. The van der Waals surface area contributed by atoms with Crippen LogP contribution in [-0.2, 0) is 0 Å². The summed E-state index contributed by atoms with van der Waals surface area (Å²) >= 11 is 8.06. The van der Waals surface area contributed by atoms with Crippen molar-refractivity contribution in [3.05, 3.63) is 51.9 Å². The third-order valence-corrected chi connectivity index (χ3v) is 7.86. The number of methoxy groups -OCH3 is 1. The first-order valence-corrected chi connectivity index (χ1v) is 13.3. The first-order valence-electron chi connectivity index (χ1n) is 12.1. The second-order valence-electron chi connectivity index (χ2n) is 9.23. The van der Waals surface area contributed by atoms with Crippen molar-refractivity contribution >= 4 is 68.3 Å². The summed E-state index contributed by atoms with van der Waals surface area (Å²) in [5.74, 6) is 0.979. The van der Waals surface area contributed by atoms with Crippen LogP contribution >= 0.6 is 22.9 Å². The maximum Gasteiger partial charge on any atom is 0.260 e. The summed E-state index contributed by atoms with van der Waals surface area (Å²) < 4.78 is 5.73. The van der Waals surface area contributed by atoms with Crippen molar-refractivity contribution in [1.29, 1.82) is 0 Å². The van der Waals surface area contributed by atoms with Crippen molar-refractivity contribution in [2.45, 2.75) is 19.9 Å². The fraction of sp³-hybridized carbons (Fsp3) is 0.308. The zero-order chi connectivity index (χ0) is 26.1. The van der Waals surface area contributed by atoms with Gasteiger partial charge in [0.1, 0.15) is 16.4 Å². The standard InChI is InChI=1S/C26H30ClN7O2S/c1-15(2)33-5-7-34(8-6-33)22-12-23(36-3)19(11-17(22)27)31-24-10-16-20(13-29-14-21(16)32-24)30-18-4-9-37-25(18)26(28)35/h4,9-15,30-32H,5-8H2,1-3H3,(H2,28,35). The molecule has 1 fully saturated rings. The van der Waals surface area contributed by atoms with Crippen LogP contribution in [0.25, 0.3) is 10.9 Å². The van der Waals surface area contributed by atoms with E-state index in [1.54, 1.807) is 19.5 Å². The van der Waals surface area contributed by atoms with Crippen LogP contribution in [0.1, 0.15) is 23.5 Å². The van der Waals surface area contributed by atoms with Crippen molar-refractivity contribution in [2.75, 3.05) is 48.8 Å². The molecule has 4 aromatic rings. The maximum absolute atomic E-state index is 11.7. The topological polar surface area (TPSA) is 112 Å². The maximum atomic E-state index is 11.7. The smallest absolute Gasteiger partial charge is 0.260 e. The van der Waals surface area contributed by atoms with E-state index in [-0.39, 0.29) is 0 Å². The quantitative estimate of drug-likeness (QED) is 0.237. The lowest BCUT2D eigenvalue weighted by Crippen LogP contribution is -2.49. The lowest BCUT2D eigenvalue weighted by Gasteiger charge is -2.38. The third-order valence-electron chi connectivity index (χ3n) is 6.63. The van der Waals surface area contributed by atoms with Crippen LogP contribution in [0.3, 0.4) is 0 Å². The SMILES string of the molecule is COc1cc(N2CCN(C(C)C)CC2)c(Cl)cc1Nc1cc2c(Nc3ccsc3C(N)=O)cncc2[nH]1.